The molecule has 0 spiro atoms. The molecule has 5 heteroatoms. The maximum atomic E-state index is 10.6. The molecule has 0 aromatic heterocycles. The Balaban J connectivity index is 1.73. The second kappa shape index (κ2) is 4.94. The average Bonchev–Trinajstić information content (AvgIpc) is 3.28. The number of epoxide rings is 1. The Labute approximate surface area is 115 Å². The van der Waals surface area contributed by atoms with E-state index in [-0.39, 0.29) is 17.9 Å². The Bertz CT molecular complexity index is 621. The first-order valence-corrected chi connectivity index (χ1v) is 6.23. The summed E-state index contributed by atoms with van der Waals surface area (Å²) in [5.74, 6) is 0.807. The first kappa shape index (κ1) is 12.6. The van der Waals surface area contributed by atoms with Gasteiger partial charge in [0.1, 0.15) is 18.0 Å². The van der Waals surface area contributed by atoms with Crippen LogP contribution in [0.1, 0.15) is 23.3 Å². The molecule has 0 radical (unpaired) electrons. The molecule has 2 aromatic rings. The predicted molar refractivity (Wildman–Crippen MR) is 72.7 cm³/mol. The summed E-state index contributed by atoms with van der Waals surface area (Å²) >= 11 is 0. The van der Waals surface area contributed by atoms with Crippen molar-refractivity contribution in [2.75, 3.05) is 7.11 Å². The van der Waals surface area contributed by atoms with Gasteiger partial charge >= 0.3 is 0 Å². The summed E-state index contributed by atoms with van der Waals surface area (Å²) in [6.45, 7) is 0. The van der Waals surface area contributed by atoms with Crippen LogP contribution in [-0.2, 0) is 4.74 Å². The summed E-state index contributed by atoms with van der Waals surface area (Å²) in [6, 6.07) is 14.2. The quantitative estimate of drug-likeness (QED) is 0.485. The maximum absolute atomic E-state index is 10.6. The standard InChI is InChI=1S/C15H13NO4/c1-19-13-8-4-11(5-9-13)15-14(20-15)10-2-6-12(7-3-10)16(17)18/h2-9,14-15H,1H3/t14-,15+/m1/s1. The predicted octanol–water partition coefficient (Wildman–Crippen LogP) is 3.42. The van der Waals surface area contributed by atoms with Crippen molar-refractivity contribution in [2.45, 2.75) is 12.2 Å². The van der Waals surface area contributed by atoms with Crippen molar-refractivity contribution >= 4 is 5.69 Å². The van der Waals surface area contributed by atoms with Crippen LogP contribution < -0.4 is 4.74 Å². The summed E-state index contributed by atoms with van der Waals surface area (Å²) in [7, 11) is 1.63. The van der Waals surface area contributed by atoms with Crippen LogP contribution in [0.25, 0.3) is 0 Å². The van der Waals surface area contributed by atoms with E-state index < -0.39 is 4.92 Å². The molecule has 1 heterocycles. The highest BCUT2D eigenvalue weighted by molar-refractivity contribution is 5.38. The minimum absolute atomic E-state index is 0.0161. The summed E-state index contributed by atoms with van der Waals surface area (Å²) < 4.78 is 10.8. The lowest BCUT2D eigenvalue weighted by Gasteiger charge is -2.00. The SMILES string of the molecule is COc1ccc([C@@H]2O[C@@H]2c2ccc([N+](=O)[O-])cc2)cc1. The van der Waals surface area contributed by atoms with E-state index in [0.717, 1.165) is 16.9 Å². The van der Waals surface area contributed by atoms with Crippen molar-refractivity contribution in [3.05, 3.63) is 69.8 Å². The van der Waals surface area contributed by atoms with E-state index in [4.69, 9.17) is 9.47 Å². The van der Waals surface area contributed by atoms with Crippen LogP contribution in [0.5, 0.6) is 5.75 Å². The van der Waals surface area contributed by atoms with Gasteiger partial charge in [-0.05, 0) is 35.4 Å². The van der Waals surface area contributed by atoms with Crippen molar-refractivity contribution < 1.29 is 14.4 Å². The van der Waals surface area contributed by atoms with Gasteiger partial charge in [0.15, 0.2) is 0 Å². The van der Waals surface area contributed by atoms with E-state index in [0.29, 0.717) is 0 Å². The number of hydrogen-bond acceptors (Lipinski definition) is 4. The number of ether oxygens (including phenoxy) is 2. The molecule has 0 N–H and O–H groups in total. The summed E-state index contributed by atoms with van der Waals surface area (Å²) in [5, 5.41) is 10.6. The smallest absolute Gasteiger partial charge is 0.269 e. The van der Waals surface area contributed by atoms with Crippen LogP contribution >= 0.6 is 0 Å². The fourth-order valence-electron chi connectivity index (χ4n) is 2.20. The Hall–Kier alpha value is -2.40. The minimum Gasteiger partial charge on any atom is -0.497 e. The van der Waals surface area contributed by atoms with Crippen molar-refractivity contribution in [3.8, 4) is 5.75 Å². The fraction of sp³-hybridized carbons (Fsp3) is 0.200. The first-order chi connectivity index (χ1) is 9.69. The second-order valence-corrected chi connectivity index (χ2v) is 4.60. The number of nitro benzene ring substituents is 1. The van der Waals surface area contributed by atoms with Gasteiger partial charge in [-0.15, -0.1) is 0 Å². The lowest BCUT2D eigenvalue weighted by molar-refractivity contribution is -0.384. The summed E-state index contributed by atoms with van der Waals surface area (Å²) in [4.78, 5) is 10.2. The molecule has 1 aliphatic rings. The lowest BCUT2D eigenvalue weighted by Crippen LogP contribution is -1.89. The van der Waals surface area contributed by atoms with Gasteiger partial charge in [-0.2, -0.15) is 0 Å². The van der Waals surface area contributed by atoms with Crippen molar-refractivity contribution in [1.82, 2.24) is 0 Å². The van der Waals surface area contributed by atoms with Gasteiger partial charge < -0.3 is 9.47 Å². The van der Waals surface area contributed by atoms with Crippen LogP contribution in [0.15, 0.2) is 48.5 Å². The number of benzene rings is 2. The topological polar surface area (TPSA) is 64.9 Å². The molecule has 0 unspecified atom stereocenters. The molecule has 102 valence electrons. The minimum atomic E-state index is -0.404. The summed E-state index contributed by atoms with van der Waals surface area (Å²) in [6.07, 6.45) is -0.00781. The maximum Gasteiger partial charge on any atom is 0.269 e. The van der Waals surface area contributed by atoms with Gasteiger partial charge in [-0.3, -0.25) is 10.1 Å². The van der Waals surface area contributed by atoms with Gasteiger partial charge in [0.05, 0.1) is 12.0 Å². The molecule has 0 aliphatic carbocycles. The van der Waals surface area contributed by atoms with Crippen LogP contribution in [0, 0.1) is 10.1 Å². The van der Waals surface area contributed by atoms with Crippen LogP contribution in [0.2, 0.25) is 0 Å². The zero-order valence-corrected chi connectivity index (χ0v) is 10.9. The van der Waals surface area contributed by atoms with Crippen molar-refractivity contribution in [3.63, 3.8) is 0 Å². The monoisotopic (exact) mass is 271 g/mol. The molecule has 0 bridgehead atoms. The van der Waals surface area contributed by atoms with Gasteiger partial charge in [0, 0.05) is 12.1 Å². The molecule has 5 nitrogen and oxygen atoms in total. The van der Waals surface area contributed by atoms with Crippen molar-refractivity contribution in [1.29, 1.82) is 0 Å². The van der Waals surface area contributed by atoms with Crippen molar-refractivity contribution in [2.24, 2.45) is 0 Å². The van der Waals surface area contributed by atoms with Gasteiger partial charge in [0.25, 0.3) is 5.69 Å². The molecular weight excluding hydrogens is 258 g/mol. The Morgan fingerprint density at radius 3 is 1.95 bits per heavy atom. The van der Waals surface area contributed by atoms with Gasteiger partial charge in [-0.25, -0.2) is 0 Å². The highest BCUT2D eigenvalue weighted by atomic mass is 16.6. The van der Waals surface area contributed by atoms with Gasteiger partial charge in [-0.1, -0.05) is 12.1 Å². The molecule has 2 atom stereocenters. The third-order valence-electron chi connectivity index (χ3n) is 3.37. The number of nitro groups is 1. The second-order valence-electron chi connectivity index (χ2n) is 4.60. The number of hydrogen-bond donors (Lipinski definition) is 0. The van der Waals surface area contributed by atoms with E-state index in [1.54, 1.807) is 19.2 Å². The van der Waals surface area contributed by atoms with E-state index in [2.05, 4.69) is 0 Å². The van der Waals surface area contributed by atoms with Gasteiger partial charge in [0.2, 0.25) is 0 Å². The first-order valence-electron chi connectivity index (χ1n) is 6.23. The van der Waals surface area contributed by atoms with E-state index in [1.165, 1.54) is 12.1 Å². The number of nitrogens with zero attached hydrogens (tertiary/aromatic N) is 1. The summed E-state index contributed by atoms with van der Waals surface area (Å²) in [5.41, 5.74) is 2.13. The molecule has 0 amide bonds. The third kappa shape index (κ3) is 2.35. The number of non-ortho nitro benzene ring substituents is 1. The highest BCUT2D eigenvalue weighted by Gasteiger charge is 2.41. The van der Waals surface area contributed by atoms with Crippen LogP contribution in [-0.4, -0.2) is 12.0 Å². The molecule has 1 fully saturated rings. The Kier molecular flexibility index (Phi) is 3.12. The molecular formula is C15H13NO4. The molecule has 1 aliphatic heterocycles. The fourth-order valence-corrected chi connectivity index (χ4v) is 2.20. The van der Waals surface area contributed by atoms with E-state index in [1.807, 2.05) is 24.3 Å². The number of rotatable bonds is 4. The average molecular weight is 271 g/mol. The van der Waals surface area contributed by atoms with E-state index >= 15 is 0 Å². The normalized spacial score (nSPS) is 20.4. The van der Waals surface area contributed by atoms with Crippen LogP contribution in [0.3, 0.4) is 0 Å². The van der Waals surface area contributed by atoms with E-state index in [9.17, 15) is 10.1 Å². The largest absolute Gasteiger partial charge is 0.497 e. The lowest BCUT2D eigenvalue weighted by atomic mass is 10.0. The molecule has 3 rings (SSSR count). The highest BCUT2D eigenvalue weighted by Crippen LogP contribution is 2.51. The Morgan fingerprint density at radius 2 is 1.50 bits per heavy atom. The molecule has 2 aromatic carbocycles. The Morgan fingerprint density at radius 1 is 1.00 bits per heavy atom. The third-order valence-corrected chi connectivity index (χ3v) is 3.37. The molecule has 0 saturated carbocycles. The zero-order chi connectivity index (χ0) is 14.1. The molecule has 20 heavy (non-hydrogen) atoms. The molecule has 1 saturated heterocycles. The van der Waals surface area contributed by atoms with Crippen LogP contribution in [0.4, 0.5) is 5.69 Å². The zero-order valence-electron chi connectivity index (χ0n) is 10.9. The number of methoxy groups -OCH3 is 1.